The molecule has 3 rings (SSSR count). The van der Waals surface area contributed by atoms with Gasteiger partial charge < -0.3 is 4.74 Å². The molecule has 5 nitrogen and oxygen atoms in total. The van der Waals surface area contributed by atoms with Crippen LogP contribution in [-0.2, 0) is 9.53 Å². The fourth-order valence-corrected chi connectivity index (χ4v) is 4.02. The number of hydrogen-bond donors (Lipinski definition) is 0. The van der Waals surface area contributed by atoms with Crippen molar-refractivity contribution in [2.24, 2.45) is 0 Å². The van der Waals surface area contributed by atoms with Crippen molar-refractivity contribution in [1.82, 2.24) is 9.55 Å². The van der Waals surface area contributed by atoms with Crippen molar-refractivity contribution in [3.05, 3.63) is 62.0 Å². The van der Waals surface area contributed by atoms with Crippen molar-refractivity contribution >= 4 is 51.2 Å². The number of fused-ring (bicyclic) bond motifs is 1. The van der Waals surface area contributed by atoms with Crippen LogP contribution in [0.4, 0.5) is 0 Å². The Labute approximate surface area is 175 Å². The van der Waals surface area contributed by atoms with Crippen LogP contribution in [0.25, 0.3) is 16.6 Å². The largest absolute Gasteiger partial charge is 0.465 e. The molecule has 0 bridgehead atoms. The number of nitrogens with zero attached hydrogens (tertiary/aromatic N) is 2. The lowest BCUT2D eigenvalue weighted by atomic mass is 10.2. The minimum absolute atomic E-state index is 0.152. The number of aryl methyl sites for hydroxylation is 1. The molecule has 0 aliphatic carbocycles. The average molecular weight is 494 g/mol. The lowest BCUT2D eigenvalue weighted by Gasteiger charge is -2.16. The van der Waals surface area contributed by atoms with E-state index in [0.29, 0.717) is 22.7 Å². The van der Waals surface area contributed by atoms with Crippen molar-refractivity contribution in [2.75, 3.05) is 6.61 Å². The monoisotopic (exact) mass is 494 g/mol. The third-order valence-electron chi connectivity index (χ3n) is 3.99. The Kier molecular flexibility index (Phi) is 6.21. The summed E-state index contributed by atoms with van der Waals surface area (Å²) in [6.07, 6.45) is 0. The van der Waals surface area contributed by atoms with E-state index >= 15 is 0 Å². The van der Waals surface area contributed by atoms with E-state index in [1.807, 2.05) is 49.4 Å². The predicted octanol–water partition coefficient (Wildman–Crippen LogP) is 4.34. The first-order valence-corrected chi connectivity index (χ1v) is 10.5. The van der Waals surface area contributed by atoms with Crippen LogP contribution in [0.2, 0.25) is 0 Å². The third-order valence-corrected chi connectivity index (χ3v) is 5.69. The molecular formula is C20H19IN2O3S. The Hall–Kier alpha value is -1.87. The van der Waals surface area contributed by atoms with Gasteiger partial charge in [0.2, 0.25) is 0 Å². The lowest BCUT2D eigenvalue weighted by Crippen LogP contribution is -2.24. The molecule has 7 heteroatoms. The summed E-state index contributed by atoms with van der Waals surface area (Å²) in [5, 5.41) is 0.545. The molecule has 0 aliphatic rings. The second-order valence-electron chi connectivity index (χ2n) is 6.04. The number of rotatable bonds is 5. The first-order valence-electron chi connectivity index (χ1n) is 8.53. The van der Waals surface area contributed by atoms with Crippen LogP contribution in [0.15, 0.2) is 52.4 Å². The lowest BCUT2D eigenvalue weighted by molar-refractivity contribution is -0.142. The van der Waals surface area contributed by atoms with Gasteiger partial charge in [0, 0.05) is 3.57 Å². The van der Waals surface area contributed by atoms with Gasteiger partial charge in [-0.15, -0.1) is 0 Å². The molecule has 0 radical (unpaired) electrons. The number of benzene rings is 2. The van der Waals surface area contributed by atoms with Crippen LogP contribution in [0, 0.1) is 10.5 Å². The Bertz CT molecular complexity index is 1050. The number of esters is 1. The molecular weight excluding hydrogens is 475 g/mol. The zero-order valence-corrected chi connectivity index (χ0v) is 18.2. The zero-order valence-electron chi connectivity index (χ0n) is 15.2. The summed E-state index contributed by atoms with van der Waals surface area (Å²) in [7, 11) is 0. The second-order valence-corrected chi connectivity index (χ2v) is 8.60. The van der Waals surface area contributed by atoms with Gasteiger partial charge in [-0.25, -0.2) is 4.98 Å². The van der Waals surface area contributed by atoms with E-state index in [9.17, 15) is 9.59 Å². The molecule has 2 aromatic carbocycles. The SMILES string of the molecule is CCOC(=O)C(C)Sc1nc2ccc(I)cc2c(=O)n1-c1ccc(C)cc1. The van der Waals surface area contributed by atoms with Gasteiger partial charge in [-0.1, -0.05) is 29.5 Å². The highest BCUT2D eigenvalue weighted by atomic mass is 127. The van der Waals surface area contributed by atoms with Gasteiger partial charge >= 0.3 is 5.97 Å². The van der Waals surface area contributed by atoms with E-state index in [2.05, 4.69) is 27.6 Å². The quantitative estimate of drug-likeness (QED) is 0.229. The maximum absolute atomic E-state index is 13.3. The van der Waals surface area contributed by atoms with Crippen LogP contribution in [-0.4, -0.2) is 27.4 Å². The van der Waals surface area contributed by atoms with Crippen LogP contribution in [0.5, 0.6) is 0 Å². The van der Waals surface area contributed by atoms with Crippen LogP contribution < -0.4 is 5.56 Å². The summed E-state index contributed by atoms with van der Waals surface area (Å²) in [4.78, 5) is 30.0. The standard InChI is InChI=1S/C20H19IN2O3S/c1-4-26-19(25)13(3)27-20-22-17-10-7-14(21)11-16(17)18(24)23(20)15-8-5-12(2)6-9-15/h5-11,13H,4H2,1-3H3. The number of carbonyl (C=O) groups excluding carboxylic acids is 1. The summed E-state index contributed by atoms with van der Waals surface area (Å²) in [5.74, 6) is -0.324. The summed E-state index contributed by atoms with van der Waals surface area (Å²) < 4.78 is 7.63. The normalized spacial score (nSPS) is 12.1. The molecule has 0 saturated heterocycles. The molecule has 140 valence electrons. The highest BCUT2D eigenvalue weighted by Gasteiger charge is 2.21. The smallest absolute Gasteiger partial charge is 0.319 e. The second kappa shape index (κ2) is 8.43. The Morgan fingerprint density at radius 2 is 1.96 bits per heavy atom. The Morgan fingerprint density at radius 3 is 2.63 bits per heavy atom. The zero-order chi connectivity index (χ0) is 19.6. The van der Waals surface area contributed by atoms with Crippen LogP contribution >= 0.6 is 34.4 Å². The number of halogens is 1. The molecule has 1 heterocycles. The summed E-state index contributed by atoms with van der Waals surface area (Å²) in [6.45, 7) is 5.84. The molecule has 0 spiro atoms. The number of thioether (sulfide) groups is 1. The van der Waals surface area contributed by atoms with E-state index < -0.39 is 5.25 Å². The maximum atomic E-state index is 13.3. The van der Waals surface area contributed by atoms with Crippen molar-refractivity contribution in [2.45, 2.75) is 31.2 Å². The molecule has 0 aliphatic heterocycles. The maximum Gasteiger partial charge on any atom is 0.319 e. The van der Waals surface area contributed by atoms with Crippen molar-refractivity contribution in [3.63, 3.8) is 0 Å². The number of hydrogen-bond acceptors (Lipinski definition) is 5. The summed E-state index contributed by atoms with van der Waals surface area (Å²) >= 11 is 3.41. The molecule has 0 saturated carbocycles. The van der Waals surface area contributed by atoms with Gasteiger partial charge in [0.05, 0.1) is 23.2 Å². The van der Waals surface area contributed by atoms with Gasteiger partial charge in [0.25, 0.3) is 5.56 Å². The highest BCUT2D eigenvalue weighted by Crippen LogP contribution is 2.26. The molecule has 0 N–H and O–H groups in total. The molecule has 3 aromatic rings. The fourth-order valence-electron chi connectivity index (χ4n) is 2.60. The third kappa shape index (κ3) is 4.35. The number of carbonyl (C=O) groups is 1. The highest BCUT2D eigenvalue weighted by molar-refractivity contribution is 14.1. The minimum atomic E-state index is -0.477. The molecule has 0 fully saturated rings. The van der Waals surface area contributed by atoms with Gasteiger partial charge in [-0.05, 0) is 73.7 Å². The van der Waals surface area contributed by atoms with E-state index in [1.54, 1.807) is 18.4 Å². The molecule has 0 amide bonds. The number of aromatic nitrogens is 2. The summed E-state index contributed by atoms with van der Waals surface area (Å²) in [6, 6.07) is 13.2. The Balaban J connectivity index is 2.19. The molecule has 27 heavy (non-hydrogen) atoms. The first kappa shape index (κ1) is 19.9. The van der Waals surface area contributed by atoms with E-state index in [4.69, 9.17) is 4.74 Å². The van der Waals surface area contributed by atoms with Gasteiger partial charge in [-0.3, -0.25) is 14.2 Å². The van der Waals surface area contributed by atoms with Gasteiger partial charge in [-0.2, -0.15) is 0 Å². The van der Waals surface area contributed by atoms with Crippen molar-refractivity contribution < 1.29 is 9.53 Å². The van der Waals surface area contributed by atoms with Crippen LogP contribution in [0.3, 0.4) is 0 Å². The topological polar surface area (TPSA) is 61.2 Å². The number of ether oxygens (including phenoxy) is 1. The predicted molar refractivity (Wildman–Crippen MR) is 117 cm³/mol. The summed E-state index contributed by atoms with van der Waals surface area (Å²) in [5.41, 5.74) is 2.28. The molecule has 1 aromatic heterocycles. The van der Waals surface area contributed by atoms with Gasteiger partial charge in [0.1, 0.15) is 5.25 Å². The molecule has 1 atom stereocenters. The van der Waals surface area contributed by atoms with E-state index in [0.717, 1.165) is 14.8 Å². The van der Waals surface area contributed by atoms with E-state index in [-0.39, 0.29) is 11.5 Å². The average Bonchev–Trinajstić information content (AvgIpc) is 2.64. The first-order chi connectivity index (χ1) is 12.9. The Morgan fingerprint density at radius 1 is 1.26 bits per heavy atom. The minimum Gasteiger partial charge on any atom is -0.465 e. The van der Waals surface area contributed by atoms with E-state index in [1.165, 1.54) is 11.8 Å². The fraction of sp³-hybridized carbons (Fsp3) is 0.250. The van der Waals surface area contributed by atoms with Crippen molar-refractivity contribution in [1.29, 1.82) is 0 Å². The van der Waals surface area contributed by atoms with Crippen molar-refractivity contribution in [3.8, 4) is 5.69 Å². The molecule has 1 unspecified atom stereocenters. The van der Waals surface area contributed by atoms with Gasteiger partial charge in [0.15, 0.2) is 5.16 Å². The van der Waals surface area contributed by atoms with Crippen LogP contribution in [0.1, 0.15) is 19.4 Å².